The fourth-order valence-electron chi connectivity index (χ4n) is 2.09. The lowest BCUT2D eigenvalue weighted by atomic mass is 10.1. The molecule has 104 valence electrons. The molecule has 19 heavy (non-hydrogen) atoms. The van der Waals surface area contributed by atoms with Gasteiger partial charge in [-0.15, -0.1) is 0 Å². The highest BCUT2D eigenvalue weighted by atomic mass is 16.2. The Morgan fingerprint density at radius 3 is 2.63 bits per heavy atom. The van der Waals surface area contributed by atoms with Gasteiger partial charge in [-0.1, -0.05) is 30.3 Å². The van der Waals surface area contributed by atoms with Gasteiger partial charge in [0.2, 0.25) is 5.91 Å². The molecule has 0 aromatic heterocycles. The first-order chi connectivity index (χ1) is 9.28. The zero-order valence-electron chi connectivity index (χ0n) is 11.3. The number of nitrogens with one attached hydrogen (secondary N) is 1. The smallest absolute Gasteiger partial charge is 0.234 e. The van der Waals surface area contributed by atoms with E-state index in [9.17, 15) is 4.79 Å². The molecule has 3 N–H and O–H groups in total. The molecule has 4 heteroatoms. The molecule has 1 amide bonds. The lowest BCUT2D eigenvalue weighted by molar-refractivity contribution is -0.122. The lowest BCUT2D eigenvalue weighted by Gasteiger charge is -2.21. The Bertz CT molecular complexity index is 390. The SMILES string of the molecule is NCCN(CCc1ccccc1)CC(=O)NC1CC1. The van der Waals surface area contributed by atoms with Crippen molar-refractivity contribution in [1.29, 1.82) is 0 Å². The summed E-state index contributed by atoms with van der Waals surface area (Å²) >= 11 is 0. The van der Waals surface area contributed by atoms with Crippen LogP contribution in [0.5, 0.6) is 0 Å². The molecule has 0 spiro atoms. The van der Waals surface area contributed by atoms with E-state index in [1.165, 1.54) is 5.56 Å². The summed E-state index contributed by atoms with van der Waals surface area (Å²) in [6, 6.07) is 10.8. The Hall–Kier alpha value is -1.39. The number of nitrogens with zero attached hydrogens (tertiary/aromatic N) is 1. The van der Waals surface area contributed by atoms with Gasteiger partial charge in [0, 0.05) is 25.7 Å². The molecule has 1 aromatic carbocycles. The molecule has 4 nitrogen and oxygen atoms in total. The standard InChI is InChI=1S/C15H23N3O/c16-9-11-18(12-15(19)17-14-6-7-14)10-8-13-4-2-1-3-5-13/h1-5,14H,6-12,16H2,(H,17,19). The summed E-state index contributed by atoms with van der Waals surface area (Å²) in [6.07, 6.45) is 3.22. The second kappa shape index (κ2) is 7.26. The van der Waals surface area contributed by atoms with Crippen LogP contribution >= 0.6 is 0 Å². The van der Waals surface area contributed by atoms with Gasteiger partial charge in [-0.3, -0.25) is 9.69 Å². The van der Waals surface area contributed by atoms with Crippen LogP contribution in [-0.2, 0) is 11.2 Å². The van der Waals surface area contributed by atoms with Crippen molar-refractivity contribution in [3.63, 3.8) is 0 Å². The van der Waals surface area contributed by atoms with E-state index in [0.717, 1.165) is 32.4 Å². The minimum absolute atomic E-state index is 0.129. The molecule has 1 saturated carbocycles. The quantitative estimate of drug-likeness (QED) is 0.726. The summed E-state index contributed by atoms with van der Waals surface area (Å²) in [7, 11) is 0. The van der Waals surface area contributed by atoms with Crippen LogP contribution in [0.2, 0.25) is 0 Å². The average Bonchev–Trinajstić information content (AvgIpc) is 3.21. The monoisotopic (exact) mass is 261 g/mol. The number of hydrogen-bond donors (Lipinski definition) is 2. The molecule has 0 aliphatic heterocycles. The van der Waals surface area contributed by atoms with Gasteiger partial charge in [0.25, 0.3) is 0 Å². The first-order valence-electron chi connectivity index (χ1n) is 7.03. The van der Waals surface area contributed by atoms with Crippen LogP contribution in [0.25, 0.3) is 0 Å². The van der Waals surface area contributed by atoms with Crippen LogP contribution in [0, 0.1) is 0 Å². The number of nitrogens with two attached hydrogens (primary N) is 1. The topological polar surface area (TPSA) is 58.4 Å². The first kappa shape index (κ1) is 14.0. The van der Waals surface area contributed by atoms with Crippen molar-refractivity contribution < 1.29 is 4.79 Å². The van der Waals surface area contributed by atoms with Gasteiger partial charge >= 0.3 is 0 Å². The van der Waals surface area contributed by atoms with Crippen molar-refractivity contribution >= 4 is 5.91 Å². The van der Waals surface area contributed by atoms with Gasteiger partial charge in [-0.25, -0.2) is 0 Å². The summed E-state index contributed by atoms with van der Waals surface area (Å²) in [5.74, 6) is 0.129. The number of carbonyl (C=O) groups is 1. The predicted molar refractivity (Wildman–Crippen MR) is 76.8 cm³/mol. The summed E-state index contributed by atoms with van der Waals surface area (Å²) in [5.41, 5.74) is 6.91. The molecule has 0 bridgehead atoms. The van der Waals surface area contributed by atoms with Gasteiger partial charge in [0.05, 0.1) is 6.54 Å². The van der Waals surface area contributed by atoms with Gasteiger partial charge in [-0.05, 0) is 24.8 Å². The fourth-order valence-corrected chi connectivity index (χ4v) is 2.09. The van der Waals surface area contributed by atoms with Crippen molar-refractivity contribution in [2.24, 2.45) is 5.73 Å². The van der Waals surface area contributed by atoms with E-state index in [1.54, 1.807) is 0 Å². The molecule has 2 rings (SSSR count). The number of hydrogen-bond acceptors (Lipinski definition) is 3. The molecule has 0 atom stereocenters. The maximum Gasteiger partial charge on any atom is 0.234 e. The fraction of sp³-hybridized carbons (Fsp3) is 0.533. The molecule has 1 aliphatic rings. The van der Waals surface area contributed by atoms with Crippen LogP contribution in [0.4, 0.5) is 0 Å². The number of benzene rings is 1. The summed E-state index contributed by atoms with van der Waals surface area (Å²) in [6.45, 7) is 2.69. The maximum atomic E-state index is 11.8. The molecule has 0 heterocycles. The highest BCUT2D eigenvalue weighted by molar-refractivity contribution is 5.78. The third kappa shape index (κ3) is 5.41. The molecule has 0 saturated heterocycles. The van der Waals surface area contributed by atoms with Gasteiger partial charge in [-0.2, -0.15) is 0 Å². The summed E-state index contributed by atoms with van der Waals surface area (Å²) < 4.78 is 0. The third-order valence-corrected chi connectivity index (χ3v) is 3.31. The van der Waals surface area contributed by atoms with E-state index in [1.807, 2.05) is 18.2 Å². The highest BCUT2D eigenvalue weighted by Crippen LogP contribution is 2.18. The van der Waals surface area contributed by atoms with Gasteiger partial charge < -0.3 is 11.1 Å². The van der Waals surface area contributed by atoms with E-state index in [-0.39, 0.29) is 5.91 Å². The minimum atomic E-state index is 0.129. The minimum Gasteiger partial charge on any atom is -0.352 e. The molecular formula is C15H23N3O. The molecule has 0 radical (unpaired) electrons. The highest BCUT2D eigenvalue weighted by Gasteiger charge is 2.23. The van der Waals surface area contributed by atoms with E-state index in [4.69, 9.17) is 5.73 Å². The normalized spacial score (nSPS) is 14.6. The molecule has 0 unspecified atom stereocenters. The van der Waals surface area contributed by atoms with Crippen molar-refractivity contribution in [1.82, 2.24) is 10.2 Å². The van der Waals surface area contributed by atoms with Crippen molar-refractivity contribution in [2.45, 2.75) is 25.3 Å². The van der Waals surface area contributed by atoms with Crippen molar-refractivity contribution in [3.8, 4) is 0 Å². The Balaban J connectivity index is 1.76. The number of rotatable bonds is 8. The average molecular weight is 261 g/mol. The van der Waals surface area contributed by atoms with Gasteiger partial charge in [0.1, 0.15) is 0 Å². The largest absolute Gasteiger partial charge is 0.352 e. The molecule has 1 fully saturated rings. The van der Waals surface area contributed by atoms with Gasteiger partial charge in [0.15, 0.2) is 0 Å². The predicted octanol–water partition coefficient (Wildman–Crippen LogP) is 0.768. The summed E-state index contributed by atoms with van der Waals surface area (Å²) in [5, 5.41) is 3.02. The molecular weight excluding hydrogens is 238 g/mol. The zero-order valence-corrected chi connectivity index (χ0v) is 11.3. The maximum absolute atomic E-state index is 11.8. The Morgan fingerprint density at radius 2 is 2.00 bits per heavy atom. The lowest BCUT2D eigenvalue weighted by Crippen LogP contribution is -2.41. The molecule has 1 aliphatic carbocycles. The molecule has 1 aromatic rings. The Kier molecular flexibility index (Phi) is 5.36. The number of carbonyl (C=O) groups excluding carboxylic acids is 1. The van der Waals surface area contributed by atoms with Crippen LogP contribution in [-0.4, -0.2) is 43.0 Å². The zero-order chi connectivity index (χ0) is 13.5. The first-order valence-corrected chi connectivity index (χ1v) is 7.03. The van der Waals surface area contributed by atoms with E-state index < -0.39 is 0 Å². The van der Waals surface area contributed by atoms with Crippen LogP contribution in [0.1, 0.15) is 18.4 Å². The second-order valence-electron chi connectivity index (χ2n) is 5.14. The van der Waals surface area contributed by atoms with Crippen molar-refractivity contribution in [3.05, 3.63) is 35.9 Å². The Morgan fingerprint density at radius 1 is 1.26 bits per heavy atom. The van der Waals surface area contributed by atoms with Crippen LogP contribution < -0.4 is 11.1 Å². The summed E-state index contributed by atoms with van der Waals surface area (Å²) in [4.78, 5) is 13.9. The van der Waals surface area contributed by atoms with E-state index in [2.05, 4.69) is 22.3 Å². The Labute approximate surface area is 115 Å². The third-order valence-electron chi connectivity index (χ3n) is 3.31. The van der Waals surface area contributed by atoms with E-state index >= 15 is 0 Å². The van der Waals surface area contributed by atoms with Crippen LogP contribution in [0.15, 0.2) is 30.3 Å². The second-order valence-corrected chi connectivity index (χ2v) is 5.14. The van der Waals surface area contributed by atoms with E-state index in [0.29, 0.717) is 19.1 Å². The van der Waals surface area contributed by atoms with Crippen LogP contribution in [0.3, 0.4) is 0 Å². The van der Waals surface area contributed by atoms with Crippen molar-refractivity contribution in [2.75, 3.05) is 26.2 Å². The number of amides is 1.